The molecule has 0 N–H and O–H groups in total. The fraction of sp³-hybridized carbons (Fsp3) is 1.00. The molecule has 29 heavy (non-hydrogen) atoms. The third kappa shape index (κ3) is 3.94. The molecule has 0 aromatic rings. The van der Waals surface area contributed by atoms with Crippen LogP contribution in [0.25, 0.3) is 0 Å². The minimum Gasteiger partial charge on any atom is -0.200 e. The van der Waals surface area contributed by atoms with E-state index in [1.54, 1.807) is 0 Å². The van der Waals surface area contributed by atoms with Gasteiger partial charge < -0.3 is 0 Å². The van der Waals surface area contributed by atoms with Crippen LogP contribution in [0.2, 0.25) is 0 Å². The quantitative estimate of drug-likeness (QED) is 0.152. The van der Waals surface area contributed by atoms with E-state index >= 15 is 0 Å². The number of alkyl halides is 18. The molecule has 0 saturated heterocycles. The summed E-state index contributed by atoms with van der Waals surface area (Å²) >= 11 is 1.21. The van der Waals surface area contributed by atoms with Crippen LogP contribution in [0.15, 0.2) is 0 Å². The molecule has 0 rings (SSSR count). The molecule has 0 radical (unpaired) electrons. The highest BCUT2D eigenvalue weighted by Crippen LogP contribution is 2.64. The summed E-state index contributed by atoms with van der Waals surface area (Å²) in [6, 6.07) is 0. The molecule has 0 spiro atoms. The topological polar surface area (TPSA) is 0 Å². The van der Waals surface area contributed by atoms with Gasteiger partial charge in [-0.1, -0.05) is 22.6 Å². The molecule has 0 aliphatic rings. The first-order chi connectivity index (χ1) is 12.3. The van der Waals surface area contributed by atoms with E-state index < -0.39 is 64.9 Å². The van der Waals surface area contributed by atoms with Crippen molar-refractivity contribution >= 4 is 22.6 Å². The van der Waals surface area contributed by atoms with Crippen LogP contribution in [-0.2, 0) is 0 Å². The Balaban J connectivity index is 6.57. The number of rotatable bonds is 9. The third-order valence-electron chi connectivity index (χ3n) is 3.41. The Kier molecular flexibility index (Phi) is 7.47. The Morgan fingerprint density at radius 1 is 0.414 bits per heavy atom. The molecule has 0 aliphatic carbocycles. The Hall–Kier alpha value is -0.460. The molecule has 0 nitrogen and oxygen atoms in total. The van der Waals surface area contributed by atoms with Crippen molar-refractivity contribution in [2.24, 2.45) is 0 Å². The van der Waals surface area contributed by atoms with Gasteiger partial charge in [0.2, 0.25) is 0 Å². The van der Waals surface area contributed by atoms with Crippen LogP contribution in [-0.4, -0.2) is 52.1 Å². The smallest absolute Gasteiger partial charge is 0.200 e. The Morgan fingerprint density at radius 2 is 0.690 bits per heavy atom. The molecular weight excluding hydrogens is 582 g/mol. The maximum absolute atomic E-state index is 13.3. The first kappa shape index (κ1) is 28.5. The van der Waals surface area contributed by atoms with Crippen molar-refractivity contribution in [1.29, 1.82) is 0 Å². The van der Waals surface area contributed by atoms with Gasteiger partial charge in [0, 0.05) is 6.42 Å². The monoisotopic (exact) mass is 588 g/mol. The highest BCUT2D eigenvalue weighted by atomic mass is 127. The van der Waals surface area contributed by atoms with Gasteiger partial charge in [0.05, 0.1) is 0 Å². The van der Waals surface area contributed by atoms with Crippen LogP contribution in [0.4, 0.5) is 74.6 Å². The zero-order valence-corrected chi connectivity index (χ0v) is 15.1. The van der Waals surface area contributed by atoms with E-state index in [1.807, 2.05) is 0 Å². The second-order valence-corrected chi connectivity index (χ2v) is 6.52. The summed E-state index contributed by atoms with van der Waals surface area (Å²) in [5.41, 5.74) is 0. The lowest BCUT2D eigenvalue weighted by molar-refractivity contribution is -0.461. The van der Waals surface area contributed by atoms with Gasteiger partial charge in [0.15, 0.2) is 0 Å². The first-order valence-corrected chi connectivity index (χ1v) is 8.11. The summed E-state index contributed by atoms with van der Waals surface area (Å²) in [6.45, 7) is 0. The van der Waals surface area contributed by atoms with Crippen molar-refractivity contribution in [3.05, 3.63) is 0 Å². The summed E-state index contributed by atoms with van der Waals surface area (Å²) in [4.78, 5) is 0. The molecule has 0 fully saturated rings. The van der Waals surface area contributed by atoms with Gasteiger partial charge in [-0.05, 0) is 10.8 Å². The standard InChI is InChI=1S/C11H6F17I/c12-4(13,2-1-3-29)5(14,15)6(16,17)7(18,19)8(20,21)9(22,23)10(24,25)11(26,27)28/h1-3H2. The van der Waals surface area contributed by atoms with E-state index in [1.165, 1.54) is 22.6 Å². The van der Waals surface area contributed by atoms with Gasteiger partial charge in [0.25, 0.3) is 0 Å². The molecule has 176 valence electrons. The van der Waals surface area contributed by atoms with Crippen LogP contribution in [0.5, 0.6) is 0 Å². The van der Waals surface area contributed by atoms with Crippen LogP contribution >= 0.6 is 22.6 Å². The molecule has 0 aliphatic heterocycles. The van der Waals surface area contributed by atoms with Crippen LogP contribution in [0.1, 0.15) is 12.8 Å². The lowest BCUT2D eigenvalue weighted by Crippen LogP contribution is -2.74. The van der Waals surface area contributed by atoms with E-state index in [-0.39, 0.29) is 0 Å². The summed E-state index contributed by atoms with van der Waals surface area (Å²) in [5, 5.41) is 0. The SMILES string of the molecule is FC(F)(F)C(F)(F)C(F)(F)C(F)(F)C(F)(F)C(F)(F)C(F)(F)C(F)(F)CCCI. The fourth-order valence-corrected chi connectivity index (χ4v) is 2.02. The predicted molar refractivity (Wildman–Crippen MR) is 68.8 cm³/mol. The van der Waals surface area contributed by atoms with Crippen molar-refractivity contribution in [3.63, 3.8) is 0 Å². The predicted octanol–water partition coefficient (Wildman–Crippen LogP) is 7.21. The maximum Gasteiger partial charge on any atom is 0.460 e. The van der Waals surface area contributed by atoms with E-state index in [4.69, 9.17) is 0 Å². The minimum absolute atomic E-state index is 0.489. The van der Waals surface area contributed by atoms with Crippen LogP contribution < -0.4 is 0 Å². The molecule has 0 atom stereocenters. The molecule has 0 bridgehead atoms. The highest BCUT2D eigenvalue weighted by molar-refractivity contribution is 14.1. The van der Waals surface area contributed by atoms with E-state index in [2.05, 4.69) is 0 Å². The molecule has 0 saturated carbocycles. The average molecular weight is 588 g/mol. The van der Waals surface area contributed by atoms with E-state index in [0.717, 1.165) is 0 Å². The molecule has 0 unspecified atom stereocenters. The summed E-state index contributed by atoms with van der Waals surface area (Å²) in [7, 11) is 0. The van der Waals surface area contributed by atoms with Gasteiger partial charge in [-0.3, -0.25) is 0 Å². The summed E-state index contributed by atoms with van der Waals surface area (Å²) in [6.07, 6.45) is -11.2. The highest BCUT2D eigenvalue weighted by Gasteiger charge is 2.95. The zero-order valence-electron chi connectivity index (χ0n) is 12.9. The average Bonchev–Trinajstić information content (AvgIpc) is 2.50. The zero-order chi connectivity index (χ0) is 24.1. The Bertz CT molecular complexity index is 574. The summed E-state index contributed by atoms with van der Waals surface area (Å²) in [5.74, 6) is -55.6. The fourth-order valence-electron chi connectivity index (χ4n) is 1.64. The second kappa shape index (κ2) is 7.59. The second-order valence-electron chi connectivity index (χ2n) is 5.44. The van der Waals surface area contributed by atoms with E-state index in [9.17, 15) is 74.6 Å². The van der Waals surface area contributed by atoms with Crippen LogP contribution in [0, 0.1) is 0 Å². The van der Waals surface area contributed by atoms with E-state index in [0.29, 0.717) is 0 Å². The molecule has 0 aromatic carbocycles. The maximum atomic E-state index is 13.3. The van der Waals surface area contributed by atoms with Crippen molar-refractivity contribution in [2.45, 2.75) is 60.5 Å². The summed E-state index contributed by atoms with van der Waals surface area (Å²) < 4.78 is 218. The van der Waals surface area contributed by atoms with Crippen molar-refractivity contribution < 1.29 is 74.6 Å². The third-order valence-corrected chi connectivity index (χ3v) is 4.17. The Morgan fingerprint density at radius 3 is 0.966 bits per heavy atom. The molecular formula is C11H6F17I. The van der Waals surface area contributed by atoms with Crippen molar-refractivity contribution in [3.8, 4) is 0 Å². The molecule has 0 heterocycles. The van der Waals surface area contributed by atoms with Gasteiger partial charge in [-0.2, -0.15) is 74.6 Å². The molecule has 0 aromatic heterocycles. The molecule has 18 heteroatoms. The lowest BCUT2D eigenvalue weighted by atomic mass is 9.88. The first-order valence-electron chi connectivity index (χ1n) is 6.58. The van der Waals surface area contributed by atoms with Crippen molar-refractivity contribution in [2.75, 3.05) is 4.43 Å². The Labute approximate surface area is 162 Å². The number of halogens is 18. The van der Waals surface area contributed by atoms with Gasteiger partial charge in [-0.25, -0.2) is 0 Å². The largest absolute Gasteiger partial charge is 0.460 e. The number of hydrogen-bond donors (Lipinski definition) is 0. The normalized spacial score (nSPS) is 16.3. The van der Waals surface area contributed by atoms with Gasteiger partial charge in [-0.15, -0.1) is 0 Å². The lowest BCUT2D eigenvalue weighted by Gasteiger charge is -2.42. The number of hydrogen-bond acceptors (Lipinski definition) is 0. The minimum atomic E-state index is -8.56. The van der Waals surface area contributed by atoms with Gasteiger partial charge in [0.1, 0.15) is 0 Å². The van der Waals surface area contributed by atoms with Crippen molar-refractivity contribution in [1.82, 2.24) is 0 Å². The van der Waals surface area contributed by atoms with Gasteiger partial charge >= 0.3 is 47.6 Å². The van der Waals surface area contributed by atoms with Crippen LogP contribution in [0.3, 0.4) is 0 Å². The molecule has 0 amide bonds.